The quantitative estimate of drug-likeness (QED) is 0.750. The van der Waals surface area contributed by atoms with E-state index < -0.39 is 0 Å². The van der Waals surface area contributed by atoms with Gasteiger partial charge in [0.25, 0.3) is 0 Å². The van der Waals surface area contributed by atoms with Gasteiger partial charge < -0.3 is 9.47 Å². The maximum atomic E-state index is 12.2. The van der Waals surface area contributed by atoms with Crippen molar-refractivity contribution in [3.05, 3.63) is 23.8 Å². The zero-order valence-corrected chi connectivity index (χ0v) is 15.3. The monoisotopic (exact) mass is 329 g/mol. The molecule has 0 aromatic heterocycles. The van der Waals surface area contributed by atoms with Crippen LogP contribution in [0.2, 0.25) is 0 Å². The van der Waals surface area contributed by atoms with Gasteiger partial charge in [0.1, 0.15) is 5.78 Å². The highest BCUT2D eigenvalue weighted by molar-refractivity contribution is 6.07. The first kappa shape index (κ1) is 17.0. The lowest BCUT2D eigenvalue weighted by atomic mass is 9.89. The predicted molar refractivity (Wildman–Crippen MR) is 95.1 cm³/mol. The summed E-state index contributed by atoms with van der Waals surface area (Å²) < 4.78 is 10.6. The number of benzene rings is 1. The van der Waals surface area contributed by atoms with Crippen LogP contribution in [0.4, 0.5) is 0 Å². The summed E-state index contributed by atoms with van der Waals surface area (Å²) in [6, 6.07) is 5.94. The van der Waals surface area contributed by atoms with Gasteiger partial charge in [-0.25, -0.2) is 0 Å². The van der Waals surface area contributed by atoms with Gasteiger partial charge in [0.15, 0.2) is 11.5 Å². The molecule has 2 aliphatic carbocycles. The molecule has 1 unspecified atom stereocenters. The highest BCUT2D eigenvalue weighted by atomic mass is 16.5. The first-order valence-electron chi connectivity index (χ1n) is 8.64. The van der Waals surface area contributed by atoms with Crippen molar-refractivity contribution in [2.45, 2.75) is 33.6 Å². The van der Waals surface area contributed by atoms with E-state index >= 15 is 0 Å². The Morgan fingerprint density at radius 3 is 2.58 bits per heavy atom. The Morgan fingerprint density at radius 1 is 1.25 bits per heavy atom. The molecule has 4 heteroatoms. The molecule has 0 heterocycles. The van der Waals surface area contributed by atoms with Gasteiger partial charge in [-0.3, -0.25) is 9.79 Å². The van der Waals surface area contributed by atoms with Crippen LogP contribution < -0.4 is 9.47 Å². The van der Waals surface area contributed by atoms with Crippen molar-refractivity contribution in [2.75, 3.05) is 20.8 Å². The van der Waals surface area contributed by atoms with E-state index in [9.17, 15) is 4.79 Å². The van der Waals surface area contributed by atoms with Crippen LogP contribution in [0.15, 0.2) is 23.2 Å². The molecule has 0 N–H and O–H groups in total. The Bertz CT molecular complexity index is 677. The van der Waals surface area contributed by atoms with Crippen LogP contribution in [0.1, 0.15) is 32.8 Å². The third-order valence-electron chi connectivity index (χ3n) is 5.93. The molecular formula is C20H27NO3. The number of methoxy groups -OCH3 is 2. The average Bonchev–Trinajstić information content (AvgIpc) is 2.91. The van der Waals surface area contributed by atoms with Crippen molar-refractivity contribution in [3.8, 4) is 11.5 Å². The minimum absolute atomic E-state index is 0.0513. The highest BCUT2D eigenvalue weighted by Gasteiger charge is 2.67. The number of ketones is 1. The smallest absolute Gasteiger partial charge is 0.160 e. The van der Waals surface area contributed by atoms with Crippen molar-refractivity contribution in [1.82, 2.24) is 0 Å². The maximum absolute atomic E-state index is 12.2. The molecule has 1 aromatic rings. The van der Waals surface area contributed by atoms with E-state index in [0.29, 0.717) is 29.6 Å². The summed E-state index contributed by atoms with van der Waals surface area (Å²) in [6.45, 7) is 7.27. The fraction of sp³-hybridized carbons (Fsp3) is 0.600. The van der Waals surface area contributed by atoms with Crippen LogP contribution in [0, 0.1) is 23.2 Å². The van der Waals surface area contributed by atoms with Gasteiger partial charge in [0.2, 0.25) is 0 Å². The van der Waals surface area contributed by atoms with Gasteiger partial charge in [-0.15, -0.1) is 0 Å². The van der Waals surface area contributed by atoms with Crippen LogP contribution in [0.25, 0.3) is 0 Å². The second-order valence-electron chi connectivity index (χ2n) is 7.56. The Balaban J connectivity index is 1.63. The number of rotatable bonds is 6. The lowest BCUT2D eigenvalue weighted by Crippen LogP contribution is -2.24. The second kappa shape index (κ2) is 6.23. The topological polar surface area (TPSA) is 47.9 Å². The van der Waals surface area contributed by atoms with Gasteiger partial charge >= 0.3 is 0 Å². The second-order valence-corrected chi connectivity index (χ2v) is 7.56. The largest absolute Gasteiger partial charge is 0.493 e. The Kier molecular flexibility index (Phi) is 4.41. The average molecular weight is 329 g/mol. The van der Waals surface area contributed by atoms with E-state index in [4.69, 9.17) is 14.5 Å². The van der Waals surface area contributed by atoms with E-state index in [2.05, 4.69) is 13.8 Å². The van der Waals surface area contributed by atoms with E-state index in [0.717, 1.165) is 35.6 Å². The summed E-state index contributed by atoms with van der Waals surface area (Å²) in [5.41, 5.74) is 2.49. The number of nitrogens with zero attached hydrogens (tertiary/aromatic N) is 1. The van der Waals surface area contributed by atoms with Gasteiger partial charge in [0.05, 0.1) is 20.1 Å². The molecule has 0 radical (unpaired) electrons. The number of hydrogen-bond donors (Lipinski definition) is 0. The summed E-state index contributed by atoms with van der Waals surface area (Å²) in [6.07, 6.45) is 1.57. The van der Waals surface area contributed by atoms with E-state index in [1.807, 2.05) is 25.1 Å². The number of hydrogen-bond acceptors (Lipinski definition) is 4. The molecule has 1 aromatic carbocycles. The van der Waals surface area contributed by atoms with E-state index in [1.165, 1.54) is 0 Å². The molecule has 2 aliphatic rings. The first-order chi connectivity index (χ1) is 11.4. The van der Waals surface area contributed by atoms with Crippen LogP contribution in [-0.4, -0.2) is 32.3 Å². The molecule has 0 spiro atoms. The molecule has 2 fully saturated rings. The number of Topliss-reactive ketones (excluding diaryl/α,β-unsaturated/α-hetero) is 1. The summed E-state index contributed by atoms with van der Waals surface area (Å²) in [5.74, 6) is 3.00. The van der Waals surface area contributed by atoms with Crippen molar-refractivity contribution < 1.29 is 14.3 Å². The van der Waals surface area contributed by atoms with Crippen LogP contribution in [0.5, 0.6) is 11.5 Å². The van der Waals surface area contributed by atoms with Gasteiger partial charge in [-0.1, -0.05) is 19.9 Å². The van der Waals surface area contributed by atoms with E-state index in [-0.39, 0.29) is 5.92 Å². The molecule has 24 heavy (non-hydrogen) atoms. The van der Waals surface area contributed by atoms with Gasteiger partial charge in [-0.05, 0) is 48.3 Å². The summed E-state index contributed by atoms with van der Waals surface area (Å²) >= 11 is 0. The third-order valence-corrected chi connectivity index (χ3v) is 5.93. The molecule has 3 rings (SSSR count). The van der Waals surface area contributed by atoms with Crippen LogP contribution in [-0.2, 0) is 11.2 Å². The minimum Gasteiger partial charge on any atom is -0.493 e. The number of carbonyl (C=O) groups excluding carboxylic acids is 1. The number of ether oxygens (including phenoxy) is 2. The Morgan fingerprint density at radius 2 is 1.96 bits per heavy atom. The standard InChI is InChI=1S/C20H27NO3/c1-12(18-15(22)11-14-19(18)20(14,2)3)21-9-8-13-6-7-16(23-4)17(10-13)24-5/h6-7,10,14,18-19H,8-9,11H2,1-5H3/t14-,18?,19-/m1/s1. The predicted octanol–water partition coefficient (Wildman–Crippen LogP) is 3.57. The summed E-state index contributed by atoms with van der Waals surface area (Å²) in [7, 11) is 3.28. The van der Waals surface area contributed by atoms with Gasteiger partial charge in [0, 0.05) is 18.7 Å². The zero-order valence-electron chi connectivity index (χ0n) is 15.3. The summed E-state index contributed by atoms with van der Waals surface area (Å²) in [4.78, 5) is 16.9. The van der Waals surface area contributed by atoms with Crippen LogP contribution >= 0.6 is 0 Å². The number of carbonyl (C=O) groups is 1. The Hall–Kier alpha value is -1.84. The van der Waals surface area contributed by atoms with Crippen molar-refractivity contribution in [2.24, 2.45) is 28.2 Å². The molecule has 4 nitrogen and oxygen atoms in total. The van der Waals surface area contributed by atoms with Gasteiger partial charge in [-0.2, -0.15) is 0 Å². The molecule has 0 amide bonds. The van der Waals surface area contributed by atoms with E-state index in [1.54, 1.807) is 14.2 Å². The molecule has 0 bridgehead atoms. The number of fused-ring (bicyclic) bond motifs is 1. The SMILES string of the molecule is COc1ccc(CCN=C(C)C2C(=O)C[C@@H]3[C@H]2C3(C)C)cc1OC. The molecule has 130 valence electrons. The highest BCUT2D eigenvalue weighted by Crippen LogP contribution is 2.68. The fourth-order valence-corrected chi connectivity index (χ4v) is 4.37. The fourth-order valence-electron chi connectivity index (χ4n) is 4.37. The molecule has 2 saturated carbocycles. The van der Waals surface area contributed by atoms with Crippen molar-refractivity contribution in [3.63, 3.8) is 0 Å². The zero-order chi connectivity index (χ0) is 17.5. The number of aliphatic imine (C=N–C) groups is 1. The molecule has 3 atom stereocenters. The molecular weight excluding hydrogens is 302 g/mol. The summed E-state index contributed by atoms with van der Waals surface area (Å²) in [5, 5.41) is 0. The Labute approximate surface area is 144 Å². The lowest BCUT2D eigenvalue weighted by molar-refractivity contribution is -0.120. The maximum Gasteiger partial charge on any atom is 0.160 e. The first-order valence-corrected chi connectivity index (χ1v) is 8.64. The minimum atomic E-state index is 0.0513. The van der Waals surface area contributed by atoms with Crippen molar-refractivity contribution in [1.29, 1.82) is 0 Å². The third kappa shape index (κ3) is 2.83. The van der Waals surface area contributed by atoms with Crippen LogP contribution in [0.3, 0.4) is 0 Å². The molecule has 0 aliphatic heterocycles. The van der Waals surface area contributed by atoms with Crippen molar-refractivity contribution >= 4 is 11.5 Å². The normalized spacial score (nSPS) is 27.8. The lowest BCUT2D eigenvalue weighted by Gasteiger charge is -2.16. The molecule has 0 saturated heterocycles.